The highest BCUT2D eigenvalue weighted by molar-refractivity contribution is 4.90. The second-order valence-electron chi connectivity index (χ2n) is 2.30. The molecule has 0 fully saturated rings. The van der Waals surface area contributed by atoms with Gasteiger partial charge in [-0.15, -0.1) is 4.91 Å². The summed E-state index contributed by atoms with van der Waals surface area (Å²) in [7, 11) is 1.82. The molecule has 62 valence electrons. The van der Waals surface area contributed by atoms with E-state index in [9.17, 15) is 4.91 Å². The van der Waals surface area contributed by atoms with Crippen LogP contribution >= 0.6 is 0 Å². The van der Waals surface area contributed by atoms with Crippen molar-refractivity contribution in [2.45, 2.75) is 13.3 Å². The average Bonchev–Trinajstić information content (AvgIpc) is 2.34. The van der Waals surface area contributed by atoms with E-state index in [-0.39, 0.29) is 6.35 Å². The fourth-order valence-corrected chi connectivity index (χ4v) is 1.01. The summed E-state index contributed by atoms with van der Waals surface area (Å²) in [5.41, 5.74) is 0. The molecule has 1 atom stereocenters. The first-order valence-electron chi connectivity index (χ1n) is 3.44. The minimum atomic E-state index is -0.363. The molecule has 0 saturated heterocycles. The maximum Gasteiger partial charge on any atom is 0.280 e. The SMILES string of the molecule is CCN1C=CN(C)C1ON=O. The summed E-state index contributed by atoms with van der Waals surface area (Å²) in [6.45, 7) is 2.77. The molecule has 11 heavy (non-hydrogen) atoms. The average molecular weight is 157 g/mol. The highest BCUT2D eigenvalue weighted by atomic mass is 16.7. The summed E-state index contributed by atoms with van der Waals surface area (Å²) in [6.07, 6.45) is 3.33. The van der Waals surface area contributed by atoms with Crippen molar-refractivity contribution in [1.82, 2.24) is 9.80 Å². The molecule has 5 nitrogen and oxygen atoms in total. The Kier molecular flexibility index (Phi) is 2.30. The summed E-state index contributed by atoms with van der Waals surface area (Å²) in [5, 5.41) is 2.39. The highest BCUT2D eigenvalue weighted by Gasteiger charge is 2.23. The van der Waals surface area contributed by atoms with Crippen LogP contribution in [0.5, 0.6) is 0 Å². The van der Waals surface area contributed by atoms with Crippen LogP contribution in [-0.4, -0.2) is 29.7 Å². The number of hydrogen-bond donors (Lipinski definition) is 0. The minimum Gasteiger partial charge on any atom is -0.325 e. The van der Waals surface area contributed by atoms with Gasteiger partial charge in [0.2, 0.25) is 0 Å². The maximum atomic E-state index is 9.81. The zero-order valence-electron chi connectivity index (χ0n) is 6.60. The molecule has 0 radical (unpaired) electrons. The summed E-state index contributed by atoms with van der Waals surface area (Å²) < 4.78 is 0. The summed E-state index contributed by atoms with van der Waals surface area (Å²) in [4.78, 5) is 18.0. The van der Waals surface area contributed by atoms with Crippen molar-refractivity contribution in [2.24, 2.45) is 5.34 Å². The van der Waals surface area contributed by atoms with Gasteiger partial charge in [0.15, 0.2) is 5.34 Å². The van der Waals surface area contributed by atoms with E-state index in [4.69, 9.17) is 0 Å². The van der Waals surface area contributed by atoms with E-state index in [0.717, 1.165) is 6.54 Å². The van der Waals surface area contributed by atoms with Crippen LogP contribution in [0.2, 0.25) is 0 Å². The Labute approximate surface area is 65.2 Å². The number of rotatable bonds is 3. The molecule has 0 aliphatic carbocycles. The van der Waals surface area contributed by atoms with Crippen molar-refractivity contribution < 1.29 is 4.84 Å². The lowest BCUT2D eigenvalue weighted by molar-refractivity contribution is -0.0945. The molecule has 1 heterocycles. The first-order valence-corrected chi connectivity index (χ1v) is 3.44. The third-order valence-electron chi connectivity index (χ3n) is 1.63. The van der Waals surface area contributed by atoms with Crippen molar-refractivity contribution in [2.75, 3.05) is 13.6 Å². The molecule has 0 spiro atoms. The highest BCUT2D eigenvalue weighted by Crippen LogP contribution is 2.13. The maximum absolute atomic E-state index is 9.81. The van der Waals surface area contributed by atoms with E-state index < -0.39 is 0 Å². The summed E-state index contributed by atoms with van der Waals surface area (Å²) >= 11 is 0. The van der Waals surface area contributed by atoms with E-state index >= 15 is 0 Å². The fraction of sp³-hybridized carbons (Fsp3) is 0.667. The predicted molar refractivity (Wildman–Crippen MR) is 40.0 cm³/mol. The quantitative estimate of drug-likeness (QED) is 0.447. The van der Waals surface area contributed by atoms with E-state index in [1.54, 1.807) is 4.90 Å². The molecule has 0 bridgehead atoms. The fourth-order valence-electron chi connectivity index (χ4n) is 1.01. The second-order valence-corrected chi connectivity index (χ2v) is 2.30. The second kappa shape index (κ2) is 3.23. The molecule has 1 aliphatic rings. The van der Waals surface area contributed by atoms with Crippen molar-refractivity contribution in [3.8, 4) is 0 Å². The molecule has 0 aromatic heterocycles. The Bertz CT molecular complexity index is 171. The smallest absolute Gasteiger partial charge is 0.280 e. The van der Waals surface area contributed by atoms with Crippen molar-refractivity contribution >= 4 is 0 Å². The third-order valence-corrected chi connectivity index (χ3v) is 1.63. The van der Waals surface area contributed by atoms with Crippen LogP contribution in [0.3, 0.4) is 0 Å². The van der Waals surface area contributed by atoms with Gasteiger partial charge in [-0.25, -0.2) is 0 Å². The van der Waals surface area contributed by atoms with Gasteiger partial charge in [0.1, 0.15) is 0 Å². The van der Waals surface area contributed by atoms with Gasteiger partial charge in [-0.1, -0.05) is 0 Å². The topological polar surface area (TPSA) is 45.1 Å². The largest absolute Gasteiger partial charge is 0.325 e. The van der Waals surface area contributed by atoms with Crippen LogP contribution in [0, 0.1) is 4.91 Å². The van der Waals surface area contributed by atoms with Crippen LogP contribution in [0.25, 0.3) is 0 Å². The molecule has 1 unspecified atom stereocenters. The van der Waals surface area contributed by atoms with Crippen LogP contribution in [-0.2, 0) is 4.84 Å². The lowest BCUT2D eigenvalue weighted by Gasteiger charge is -2.24. The third kappa shape index (κ3) is 1.42. The minimum absolute atomic E-state index is 0.363. The van der Waals surface area contributed by atoms with E-state index in [0.29, 0.717) is 0 Å². The first kappa shape index (κ1) is 7.84. The predicted octanol–water partition coefficient (Wildman–Crippen LogP) is 0.707. The lowest BCUT2D eigenvalue weighted by atomic mass is 10.6. The van der Waals surface area contributed by atoms with Crippen LogP contribution < -0.4 is 0 Å². The van der Waals surface area contributed by atoms with Crippen LogP contribution in [0.15, 0.2) is 17.7 Å². The molecule has 0 N–H and O–H groups in total. The van der Waals surface area contributed by atoms with Crippen LogP contribution in [0.4, 0.5) is 0 Å². The van der Waals surface area contributed by atoms with Crippen molar-refractivity contribution in [3.05, 3.63) is 17.3 Å². The monoisotopic (exact) mass is 157 g/mol. The van der Waals surface area contributed by atoms with Crippen molar-refractivity contribution in [3.63, 3.8) is 0 Å². The van der Waals surface area contributed by atoms with Gasteiger partial charge in [-0.05, 0) is 6.92 Å². The zero-order valence-corrected chi connectivity index (χ0v) is 6.60. The molecule has 0 amide bonds. The number of hydrogen-bond acceptors (Lipinski definition) is 5. The molecule has 0 saturated carbocycles. The first-order chi connectivity index (χ1) is 5.29. The zero-order chi connectivity index (χ0) is 8.27. The van der Waals surface area contributed by atoms with Gasteiger partial charge in [0, 0.05) is 26.0 Å². The molecule has 5 heteroatoms. The van der Waals surface area contributed by atoms with Gasteiger partial charge in [0.05, 0.1) is 0 Å². The Morgan fingerprint density at radius 1 is 1.64 bits per heavy atom. The molecule has 0 aromatic carbocycles. The van der Waals surface area contributed by atoms with Gasteiger partial charge in [0.25, 0.3) is 6.35 Å². The summed E-state index contributed by atoms with van der Waals surface area (Å²) in [6, 6.07) is 0. The number of nitrogens with zero attached hydrogens (tertiary/aromatic N) is 3. The molecular formula is C6H11N3O2. The Balaban J connectivity index is 2.53. The van der Waals surface area contributed by atoms with Gasteiger partial charge >= 0.3 is 0 Å². The van der Waals surface area contributed by atoms with Gasteiger partial charge in [-0.3, -0.25) is 0 Å². The molecular weight excluding hydrogens is 146 g/mol. The molecule has 1 aliphatic heterocycles. The molecule has 1 rings (SSSR count). The Morgan fingerprint density at radius 3 is 2.91 bits per heavy atom. The van der Waals surface area contributed by atoms with Gasteiger partial charge in [-0.2, -0.15) is 0 Å². The normalized spacial score (nSPS) is 22.5. The summed E-state index contributed by atoms with van der Waals surface area (Å²) in [5.74, 6) is 0. The van der Waals surface area contributed by atoms with Gasteiger partial charge < -0.3 is 14.6 Å². The van der Waals surface area contributed by atoms with Crippen molar-refractivity contribution in [1.29, 1.82) is 0 Å². The van der Waals surface area contributed by atoms with E-state index in [1.165, 1.54) is 0 Å². The Morgan fingerprint density at radius 2 is 2.36 bits per heavy atom. The standard InChI is InChI=1S/C6H11N3O2/c1-3-9-5-4-8(2)6(9)11-7-10/h4-6H,3H2,1-2H3. The van der Waals surface area contributed by atoms with E-state index in [2.05, 4.69) is 10.2 Å². The van der Waals surface area contributed by atoms with E-state index in [1.807, 2.05) is 31.3 Å². The Hall–Kier alpha value is -1.26. The molecule has 0 aromatic rings. The lowest BCUT2D eigenvalue weighted by Crippen LogP contribution is -2.37. The van der Waals surface area contributed by atoms with Crippen LogP contribution in [0.1, 0.15) is 6.92 Å².